The Morgan fingerprint density at radius 1 is 1.25 bits per heavy atom. The molecule has 0 atom stereocenters. The second-order valence-corrected chi connectivity index (χ2v) is 4.84. The molecule has 2 heteroatoms. The maximum Gasteiger partial charge on any atom is 0.0930 e. The number of nitrogens with two attached hydrogens (primary N) is 1. The first kappa shape index (κ1) is 11.6. The van der Waals surface area contributed by atoms with Gasteiger partial charge in [-0.3, -0.25) is 4.84 Å². The highest BCUT2D eigenvalue weighted by molar-refractivity contribution is 5.33. The Balaban J connectivity index is 2.14. The number of hydrogen-bond donors (Lipinski definition) is 1. The predicted molar refractivity (Wildman–Crippen MR) is 66.0 cm³/mol. The third-order valence-electron chi connectivity index (χ3n) is 3.63. The van der Waals surface area contributed by atoms with Crippen LogP contribution in [-0.4, -0.2) is 0 Å². The minimum atomic E-state index is 0.506. The molecular weight excluding hydrogens is 198 g/mol. The molecule has 2 N–H and O–H groups in total. The van der Waals surface area contributed by atoms with Gasteiger partial charge in [-0.1, -0.05) is 37.5 Å². The molecule has 88 valence electrons. The largest absolute Gasteiger partial charge is 0.300 e. The highest BCUT2D eigenvalue weighted by Gasteiger charge is 2.17. The second-order valence-electron chi connectivity index (χ2n) is 4.84. The van der Waals surface area contributed by atoms with Gasteiger partial charge >= 0.3 is 0 Å². The van der Waals surface area contributed by atoms with Gasteiger partial charge in [-0.25, -0.2) is 5.90 Å². The van der Waals surface area contributed by atoms with Gasteiger partial charge in [0.15, 0.2) is 0 Å². The van der Waals surface area contributed by atoms with Crippen LogP contribution in [0.5, 0.6) is 0 Å². The third kappa shape index (κ3) is 2.63. The molecule has 0 spiro atoms. The first-order valence-electron chi connectivity index (χ1n) is 6.22. The summed E-state index contributed by atoms with van der Waals surface area (Å²) in [6, 6.07) is 6.61. The monoisotopic (exact) mass is 219 g/mol. The zero-order valence-corrected chi connectivity index (χ0v) is 10.0. The van der Waals surface area contributed by atoms with Crippen LogP contribution in [0.25, 0.3) is 0 Å². The molecule has 1 aliphatic rings. The molecule has 0 aliphatic heterocycles. The first-order valence-corrected chi connectivity index (χ1v) is 6.22. The topological polar surface area (TPSA) is 35.2 Å². The van der Waals surface area contributed by atoms with Gasteiger partial charge in [0.25, 0.3) is 0 Å². The average Bonchev–Trinajstić information content (AvgIpc) is 2.31. The maximum atomic E-state index is 5.09. The van der Waals surface area contributed by atoms with Crippen molar-refractivity contribution in [3.05, 3.63) is 34.9 Å². The maximum absolute atomic E-state index is 5.09. The summed E-state index contributed by atoms with van der Waals surface area (Å²) in [5.74, 6) is 5.87. The van der Waals surface area contributed by atoms with Gasteiger partial charge in [0.1, 0.15) is 0 Å². The van der Waals surface area contributed by atoms with Crippen LogP contribution in [0.1, 0.15) is 54.7 Å². The summed E-state index contributed by atoms with van der Waals surface area (Å²) < 4.78 is 0. The van der Waals surface area contributed by atoms with Crippen LogP contribution in [0.4, 0.5) is 0 Å². The number of benzene rings is 1. The van der Waals surface area contributed by atoms with Crippen molar-refractivity contribution in [1.29, 1.82) is 0 Å². The summed E-state index contributed by atoms with van der Waals surface area (Å²) >= 11 is 0. The quantitative estimate of drug-likeness (QED) is 0.790. The van der Waals surface area contributed by atoms with Crippen LogP contribution in [0.15, 0.2) is 18.2 Å². The smallest absolute Gasteiger partial charge is 0.0930 e. The molecule has 2 nitrogen and oxygen atoms in total. The van der Waals surface area contributed by atoms with Crippen molar-refractivity contribution in [2.75, 3.05) is 0 Å². The van der Waals surface area contributed by atoms with Crippen molar-refractivity contribution in [3.8, 4) is 0 Å². The molecule has 0 unspecified atom stereocenters. The van der Waals surface area contributed by atoms with Crippen LogP contribution >= 0.6 is 0 Å². The fourth-order valence-electron chi connectivity index (χ4n) is 2.80. The number of aryl methyl sites for hydroxylation is 1. The highest BCUT2D eigenvalue weighted by Crippen LogP contribution is 2.34. The normalized spacial score (nSPS) is 17.6. The molecule has 1 saturated carbocycles. The molecule has 0 bridgehead atoms. The van der Waals surface area contributed by atoms with Gasteiger partial charge in [0, 0.05) is 0 Å². The molecule has 16 heavy (non-hydrogen) atoms. The van der Waals surface area contributed by atoms with Crippen molar-refractivity contribution in [1.82, 2.24) is 0 Å². The Morgan fingerprint density at radius 2 is 2.00 bits per heavy atom. The van der Waals surface area contributed by atoms with Gasteiger partial charge in [-0.2, -0.15) is 0 Å². The molecule has 1 aromatic carbocycles. The molecular formula is C14H21NO. The fraction of sp³-hybridized carbons (Fsp3) is 0.571. The Morgan fingerprint density at radius 3 is 2.62 bits per heavy atom. The van der Waals surface area contributed by atoms with Crippen LogP contribution < -0.4 is 5.90 Å². The molecule has 0 heterocycles. The van der Waals surface area contributed by atoms with E-state index >= 15 is 0 Å². The van der Waals surface area contributed by atoms with E-state index < -0.39 is 0 Å². The van der Waals surface area contributed by atoms with E-state index in [0.29, 0.717) is 6.61 Å². The zero-order chi connectivity index (χ0) is 11.4. The summed E-state index contributed by atoms with van der Waals surface area (Å²) in [5.41, 5.74) is 4.08. The Kier molecular flexibility index (Phi) is 3.97. The van der Waals surface area contributed by atoms with Gasteiger partial charge in [0.05, 0.1) is 6.61 Å². The Hall–Kier alpha value is -0.860. The molecule has 0 saturated heterocycles. The van der Waals surface area contributed by atoms with Gasteiger partial charge < -0.3 is 0 Å². The fourth-order valence-corrected chi connectivity index (χ4v) is 2.80. The lowest BCUT2D eigenvalue weighted by Crippen LogP contribution is -2.07. The van der Waals surface area contributed by atoms with E-state index in [9.17, 15) is 0 Å². The number of hydrogen-bond acceptors (Lipinski definition) is 2. The average molecular weight is 219 g/mol. The molecule has 1 fully saturated rings. The van der Waals surface area contributed by atoms with E-state index in [0.717, 1.165) is 5.92 Å². The Bertz CT molecular complexity index is 343. The van der Waals surface area contributed by atoms with E-state index in [2.05, 4.69) is 30.0 Å². The summed E-state index contributed by atoms with van der Waals surface area (Å²) in [6.45, 7) is 2.70. The number of rotatable bonds is 3. The molecule has 0 amide bonds. The Labute approximate surface area is 97.8 Å². The molecule has 1 aliphatic carbocycles. The standard InChI is InChI=1S/C14H21NO/c1-11-9-12(10-16-15)7-8-14(11)13-5-3-2-4-6-13/h7-9,13H,2-6,10,15H2,1H3. The summed E-state index contributed by atoms with van der Waals surface area (Å²) in [7, 11) is 0. The lowest BCUT2D eigenvalue weighted by molar-refractivity contribution is 0.124. The minimum absolute atomic E-state index is 0.506. The predicted octanol–water partition coefficient (Wildman–Crippen LogP) is 3.43. The zero-order valence-electron chi connectivity index (χ0n) is 10.0. The third-order valence-corrected chi connectivity index (χ3v) is 3.63. The van der Waals surface area contributed by atoms with E-state index in [4.69, 9.17) is 5.90 Å². The summed E-state index contributed by atoms with van der Waals surface area (Å²) in [5, 5.41) is 0. The van der Waals surface area contributed by atoms with Crippen molar-refractivity contribution >= 4 is 0 Å². The first-order chi connectivity index (χ1) is 7.81. The lowest BCUT2D eigenvalue weighted by Gasteiger charge is -2.23. The van der Waals surface area contributed by atoms with Crippen LogP contribution in [0.2, 0.25) is 0 Å². The van der Waals surface area contributed by atoms with E-state index in [1.165, 1.54) is 48.8 Å². The van der Waals surface area contributed by atoms with Crippen LogP contribution in [0.3, 0.4) is 0 Å². The van der Waals surface area contributed by atoms with Crippen LogP contribution in [0, 0.1) is 6.92 Å². The summed E-state index contributed by atoms with van der Waals surface area (Å²) in [4.78, 5) is 4.67. The SMILES string of the molecule is Cc1cc(CON)ccc1C1CCCCC1. The molecule has 1 aromatic rings. The van der Waals surface area contributed by atoms with E-state index in [1.54, 1.807) is 0 Å². The van der Waals surface area contributed by atoms with E-state index in [-0.39, 0.29) is 0 Å². The molecule has 0 aromatic heterocycles. The van der Waals surface area contributed by atoms with Crippen molar-refractivity contribution in [3.63, 3.8) is 0 Å². The van der Waals surface area contributed by atoms with Crippen molar-refractivity contribution in [2.45, 2.75) is 51.6 Å². The molecule has 2 rings (SSSR count). The second kappa shape index (κ2) is 5.46. The summed E-state index contributed by atoms with van der Waals surface area (Å²) in [6.07, 6.45) is 6.89. The van der Waals surface area contributed by atoms with Crippen LogP contribution in [-0.2, 0) is 11.4 Å². The lowest BCUT2D eigenvalue weighted by atomic mass is 9.82. The van der Waals surface area contributed by atoms with Gasteiger partial charge in [-0.15, -0.1) is 0 Å². The highest BCUT2D eigenvalue weighted by atomic mass is 16.6. The van der Waals surface area contributed by atoms with Crippen molar-refractivity contribution < 1.29 is 4.84 Å². The molecule has 0 radical (unpaired) electrons. The van der Waals surface area contributed by atoms with Gasteiger partial charge in [-0.05, 0) is 42.4 Å². The minimum Gasteiger partial charge on any atom is -0.300 e. The van der Waals surface area contributed by atoms with E-state index in [1.807, 2.05) is 0 Å². The van der Waals surface area contributed by atoms with Crippen molar-refractivity contribution in [2.24, 2.45) is 5.90 Å². The van der Waals surface area contributed by atoms with Gasteiger partial charge in [0.2, 0.25) is 0 Å².